The van der Waals surface area contributed by atoms with Crippen molar-refractivity contribution < 1.29 is 18.0 Å². The van der Waals surface area contributed by atoms with Crippen molar-refractivity contribution in [1.29, 1.82) is 5.26 Å². The first-order valence-corrected chi connectivity index (χ1v) is 7.26. The number of halogens is 3. The van der Waals surface area contributed by atoms with Crippen LogP contribution in [0, 0.1) is 11.3 Å². The summed E-state index contributed by atoms with van der Waals surface area (Å²) in [5, 5.41) is 11.5. The number of carbonyl (C=O) groups is 1. The maximum absolute atomic E-state index is 12.9. The third-order valence-electron chi connectivity index (χ3n) is 3.60. The van der Waals surface area contributed by atoms with Crippen LogP contribution in [0.1, 0.15) is 24.8 Å². The van der Waals surface area contributed by atoms with Gasteiger partial charge in [-0.15, -0.1) is 0 Å². The summed E-state index contributed by atoms with van der Waals surface area (Å²) in [7, 11) is 0. The zero-order valence-corrected chi connectivity index (χ0v) is 12.4. The number of hydrogen-bond donors (Lipinski definition) is 1. The molecule has 0 aromatic heterocycles. The zero-order valence-electron chi connectivity index (χ0n) is 12.4. The minimum atomic E-state index is -4.51. The molecule has 1 heterocycles. The van der Waals surface area contributed by atoms with Gasteiger partial charge in [-0.1, -0.05) is 12.1 Å². The van der Waals surface area contributed by atoms with E-state index in [9.17, 15) is 18.0 Å². The lowest BCUT2D eigenvalue weighted by Gasteiger charge is -2.26. The predicted molar refractivity (Wildman–Crippen MR) is 79.2 cm³/mol. The van der Waals surface area contributed by atoms with Crippen molar-refractivity contribution in [2.75, 3.05) is 18.4 Å². The highest BCUT2D eigenvalue weighted by molar-refractivity contribution is 5.97. The molecule has 0 bridgehead atoms. The number of likely N-dealkylation sites (tertiary alicyclic amines) is 1. The third-order valence-corrected chi connectivity index (χ3v) is 3.60. The van der Waals surface area contributed by atoms with Crippen LogP contribution in [0.3, 0.4) is 0 Å². The molecular formula is C16H16F3N3O. The Morgan fingerprint density at radius 3 is 2.48 bits per heavy atom. The molecule has 7 heteroatoms. The Morgan fingerprint density at radius 2 is 1.87 bits per heavy atom. The molecule has 0 spiro atoms. The Bertz CT molecular complexity index is 641. The standard InChI is InChI=1S/C16H16F3N3O/c17-16(18,19)13-6-2-3-7-14(13)21-11-12(10-20)15(23)22-8-4-1-5-9-22/h2-3,6-7,11,21H,1,4-5,8-9H2/b12-11-. The number of rotatable bonds is 3. The van der Waals surface area contributed by atoms with E-state index < -0.39 is 17.6 Å². The summed E-state index contributed by atoms with van der Waals surface area (Å²) in [6.45, 7) is 1.13. The summed E-state index contributed by atoms with van der Waals surface area (Å²) in [6.07, 6.45) is -0.696. The molecule has 0 unspecified atom stereocenters. The van der Waals surface area contributed by atoms with E-state index in [1.54, 1.807) is 11.0 Å². The fourth-order valence-corrected chi connectivity index (χ4v) is 2.42. The monoisotopic (exact) mass is 323 g/mol. The van der Waals surface area contributed by atoms with Gasteiger partial charge in [0.2, 0.25) is 0 Å². The Balaban J connectivity index is 2.17. The lowest BCUT2D eigenvalue weighted by Crippen LogP contribution is -2.36. The Hall–Kier alpha value is -2.49. The maximum Gasteiger partial charge on any atom is 0.418 e. The van der Waals surface area contributed by atoms with Crippen molar-refractivity contribution >= 4 is 11.6 Å². The number of alkyl halides is 3. The average molecular weight is 323 g/mol. The van der Waals surface area contributed by atoms with Crippen LogP contribution in [0.15, 0.2) is 36.0 Å². The van der Waals surface area contributed by atoms with Crippen LogP contribution in [0.5, 0.6) is 0 Å². The first-order chi connectivity index (χ1) is 10.9. The molecule has 0 saturated carbocycles. The number of nitrogens with zero attached hydrogens (tertiary/aromatic N) is 2. The number of anilines is 1. The second-order valence-corrected chi connectivity index (χ2v) is 5.21. The van der Waals surface area contributed by atoms with E-state index >= 15 is 0 Å². The second-order valence-electron chi connectivity index (χ2n) is 5.21. The molecule has 122 valence electrons. The van der Waals surface area contributed by atoms with Crippen LogP contribution in [0.4, 0.5) is 18.9 Å². The summed E-state index contributed by atoms with van der Waals surface area (Å²) in [6, 6.07) is 6.67. The molecule has 0 aliphatic carbocycles. The van der Waals surface area contributed by atoms with Crippen LogP contribution in [-0.2, 0) is 11.0 Å². The van der Waals surface area contributed by atoms with E-state index in [-0.39, 0.29) is 11.3 Å². The highest BCUT2D eigenvalue weighted by Crippen LogP contribution is 2.34. The predicted octanol–water partition coefficient (Wildman–Crippen LogP) is 3.54. The summed E-state index contributed by atoms with van der Waals surface area (Å²) in [4.78, 5) is 13.8. The van der Waals surface area contributed by atoms with E-state index in [1.807, 2.05) is 0 Å². The van der Waals surface area contributed by atoms with Crippen molar-refractivity contribution in [3.8, 4) is 6.07 Å². The van der Waals surface area contributed by atoms with E-state index in [4.69, 9.17) is 5.26 Å². The summed E-state index contributed by atoms with van der Waals surface area (Å²) >= 11 is 0. The van der Waals surface area contributed by atoms with Crippen molar-refractivity contribution in [2.24, 2.45) is 0 Å². The summed E-state index contributed by atoms with van der Waals surface area (Å²) in [5.74, 6) is -0.454. The van der Waals surface area contributed by atoms with Gasteiger partial charge in [-0.2, -0.15) is 18.4 Å². The first-order valence-electron chi connectivity index (χ1n) is 7.26. The van der Waals surface area contributed by atoms with Crippen molar-refractivity contribution in [3.05, 3.63) is 41.6 Å². The molecule has 1 amide bonds. The quantitative estimate of drug-likeness (QED) is 0.684. The van der Waals surface area contributed by atoms with Crippen LogP contribution >= 0.6 is 0 Å². The second kappa shape index (κ2) is 7.18. The summed E-state index contributed by atoms with van der Waals surface area (Å²) < 4.78 is 38.7. The van der Waals surface area contributed by atoms with Gasteiger partial charge in [0.25, 0.3) is 5.91 Å². The van der Waals surface area contributed by atoms with Crippen molar-refractivity contribution in [3.63, 3.8) is 0 Å². The third kappa shape index (κ3) is 4.25. The Kier molecular flexibility index (Phi) is 5.27. The van der Waals surface area contributed by atoms with E-state index in [1.165, 1.54) is 18.2 Å². The topological polar surface area (TPSA) is 56.1 Å². The molecular weight excluding hydrogens is 307 g/mol. The Morgan fingerprint density at radius 1 is 1.22 bits per heavy atom. The number of para-hydroxylation sites is 1. The van der Waals surface area contributed by atoms with E-state index in [0.717, 1.165) is 31.5 Å². The molecule has 1 saturated heterocycles. The van der Waals surface area contributed by atoms with Crippen LogP contribution in [0.25, 0.3) is 0 Å². The minimum Gasteiger partial charge on any atom is -0.360 e. The number of nitriles is 1. The molecule has 0 radical (unpaired) electrons. The number of piperidine rings is 1. The van der Waals surface area contributed by atoms with Crippen LogP contribution in [0.2, 0.25) is 0 Å². The lowest BCUT2D eigenvalue weighted by atomic mass is 10.1. The number of amides is 1. The molecule has 0 atom stereocenters. The normalized spacial score (nSPS) is 15.9. The Labute approximate surface area is 132 Å². The van der Waals surface area contributed by atoms with Gasteiger partial charge in [-0.3, -0.25) is 4.79 Å². The van der Waals surface area contributed by atoms with E-state index in [2.05, 4.69) is 5.32 Å². The average Bonchev–Trinajstić information content (AvgIpc) is 2.55. The first kappa shape index (κ1) is 16.9. The highest BCUT2D eigenvalue weighted by Gasteiger charge is 2.33. The maximum atomic E-state index is 12.9. The number of carbonyl (C=O) groups excluding carboxylic acids is 1. The molecule has 1 aliphatic heterocycles. The van der Waals surface area contributed by atoms with Gasteiger partial charge >= 0.3 is 6.18 Å². The van der Waals surface area contributed by atoms with Crippen LogP contribution in [-0.4, -0.2) is 23.9 Å². The van der Waals surface area contributed by atoms with Gasteiger partial charge in [-0.05, 0) is 31.4 Å². The van der Waals surface area contributed by atoms with Crippen molar-refractivity contribution in [2.45, 2.75) is 25.4 Å². The summed E-state index contributed by atoms with van der Waals surface area (Å²) in [5.41, 5.74) is -1.25. The number of hydrogen-bond acceptors (Lipinski definition) is 3. The molecule has 4 nitrogen and oxygen atoms in total. The highest BCUT2D eigenvalue weighted by atomic mass is 19.4. The van der Waals surface area contributed by atoms with Gasteiger partial charge in [0.05, 0.1) is 11.3 Å². The minimum absolute atomic E-state index is 0.195. The molecule has 1 N–H and O–H groups in total. The van der Waals surface area contributed by atoms with Gasteiger partial charge in [0.15, 0.2) is 0 Å². The molecule has 1 aromatic carbocycles. The van der Waals surface area contributed by atoms with Crippen molar-refractivity contribution in [1.82, 2.24) is 4.90 Å². The SMILES string of the molecule is N#C/C(=C/Nc1ccccc1C(F)(F)F)C(=O)N1CCCCC1. The van der Waals surface area contributed by atoms with Gasteiger partial charge in [0.1, 0.15) is 11.6 Å². The van der Waals surface area contributed by atoms with Gasteiger partial charge in [0, 0.05) is 19.3 Å². The zero-order chi connectivity index (χ0) is 16.9. The van der Waals surface area contributed by atoms with Gasteiger partial charge < -0.3 is 10.2 Å². The van der Waals surface area contributed by atoms with E-state index in [0.29, 0.717) is 13.1 Å². The fraction of sp³-hybridized carbons (Fsp3) is 0.375. The number of benzene rings is 1. The smallest absolute Gasteiger partial charge is 0.360 e. The largest absolute Gasteiger partial charge is 0.418 e. The molecule has 1 aliphatic rings. The van der Waals surface area contributed by atoms with Gasteiger partial charge in [-0.25, -0.2) is 0 Å². The van der Waals surface area contributed by atoms with Crippen LogP contribution < -0.4 is 5.32 Å². The fourth-order valence-electron chi connectivity index (χ4n) is 2.42. The molecule has 23 heavy (non-hydrogen) atoms. The lowest BCUT2D eigenvalue weighted by molar-refractivity contribution is -0.137. The molecule has 1 aromatic rings. The molecule has 2 rings (SSSR count). The molecule has 1 fully saturated rings. The number of nitrogens with one attached hydrogen (secondary N) is 1.